The highest BCUT2D eigenvalue weighted by molar-refractivity contribution is 7.86. The first-order valence-corrected chi connectivity index (χ1v) is 7.42. The van der Waals surface area contributed by atoms with E-state index in [0.717, 1.165) is 6.07 Å². The molecule has 7 nitrogen and oxygen atoms in total. The fraction of sp³-hybridized carbons (Fsp3) is 0.222. The van der Waals surface area contributed by atoms with E-state index in [1.807, 2.05) is 0 Å². The van der Waals surface area contributed by atoms with Gasteiger partial charge >= 0.3 is 5.97 Å². The minimum atomic E-state index is -2.01. The van der Waals surface area contributed by atoms with Crippen LogP contribution >= 0.6 is 0 Å². The predicted octanol–water partition coefficient (Wildman–Crippen LogP) is 0.524. The van der Waals surface area contributed by atoms with Crippen LogP contribution in [0.15, 0.2) is 28.0 Å². The predicted molar refractivity (Wildman–Crippen MR) is 64.3 cm³/mol. The Labute approximate surface area is 107 Å². The second-order valence-corrected chi connectivity index (χ2v) is 6.02. The molecule has 1 N–H and O–H groups in total. The molecule has 0 amide bonds. The molecule has 18 heavy (non-hydrogen) atoms. The maximum Gasteiger partial charge on any atom is 0.316 e. The molecule has 0 aliphatic heterocycles. The van der Waals surface area contributed by atoms with Crippen LogP contribution in [-0.4, -0.2) is 36.4 Å². The van der Waals surface area contributed by atoms with Crippen molar-refractivity contribution in [3.05, 3.63) is 28.3 Å². The third-order valence-corrected chi connectivity index (χ3v) is 4.22. The molecule has 1 aromatic rings. The Hall–Kier alpha value is -1.61. The van der Waals surface area contributed by atoms with Crippen molar-refractivity contribution in [1.82, 2.24) is 0 Å². The number of nitrogens with zero attached hydrogens (tertiary/aromatic N) is 1. The molecule has 1 rings (SSSR count). The molecule has 0 aromatic heterocycles. The molecule has 0 saturated heterocycles. The summed E-state index contributed by atoms with van der Waals surface area (Å²) in [5.41, 5.74) is -0.484. The van der Waals surface area contributed by atoms with Gasteiger partial charge in [0.05, 0.1) is 26.5 Å². The first kappa shape index (κ1) is 14.5. The molecular weight excluding hydrogens is 282 g/mol. The topological polar surface area (TPSA) is 115 Å². The quantitative estimate of drug-likeness (QED) is 0.625. The lowest BCUT2D eigenvalue weighted by Gasteiger charge is -2.03. The number of carboxylic acids is 1. The maximum absolute atomic E-state index is 11.6. The second-order valence-electron chi connectivity index (χ2n) is 3.22. The van der Waals surface area contributed by atoms with Crippen LogP contribution < -0.4 is 0 Å². The molecule has 0 aliphatic rings. The smallest absolute Gasteiger partial charge is 0.316 e. The highest BCUT2D eigenvalue weighted by atomic mass is 32.2. The summed E-state index contributed by atoms with van der Waals surface area (Å²) in [5, 5.41) is 19.3. The Kier molecular flexibility index (Phi) is 4.68. The van der Waals surface area contributed by atoms with E-state index < -0.39 is 43.9 Å². The lowest BCUT2D eigenvalue weighted by molar-refractivity contribution is -0.388. The number of hydrogen-bond acceptors (Lipinski definition) is 5. The van der Waals surface area contributed by atoms with E-state index in [1.165, 1.54) is 18.4 Å². The van der Waals surface area contributed by atoms with Crippen LogP contribution in [0, 0.1) is 10.1 Å². The van der Waals surface area contributed by atoms with E-state index in [1.54, 1.807) is 0 Å². The van der Waals surface area contributed by atoms with Gasteiger partial charge in [-0.1, -0.05) is 0 Å². The van der Waals surface area contributed by atoms with Crippen LogP contribution in [0.2, 0.25) is 0 Å². The van der Waals surface area contributed by atoms with Crippen molar-refractivity contribution in [2.45, 2.75) is 9.79 Å². The SMILES string of the molecule is C[S@](=O)c1ccc([S@](=O)CC(=O)O)c([N+](=O)[O-])c1. The molecule has 0 unspecified atom stereocenters. The average molecular weight is 291 g/mol. The van der Waals surface area contributed by atoms with Gasteiger partial charge in [-0.15, -0.1) is 0 Å². The first-order chi connectivity index (χ1) is 8.32. The van der Waals surface area contributed by atoms with Crippen molar-refractivity contribution in [3.63, 3.8) is 0 Å². The van der Waals surface area contributed by atoms with E-state index in [9.17, 15) is 23.3 Å². The Morgan fingerprint density at radius 2 is 2.06 bits per heavy atom. The van der Waals surface area contributed by atoms with Gasteiger partial charge < -0.3 is 5.11 Å². The summed E-state index contributed by atoms with van der Waals surface area (Å²) in [6, 6.07) is 3.55. The van der Waals surface area contributed by atoms with Crippen molar-refractivity contribution < 1.29 is 23.2 Å². The standard InChI is InChI=1S/C9H9NO6S2/c1-17(15)6-2-3-8(7(4-6)10(13)14)18(16)5-9(11)12/h2-4H,5H2,1H3,(H,11,12)/t17-,18+/m0/s1. The summed E-state index contributed by atoms with van der Waals surface area (Å²) in [6.07, 6.45) is 1.35. The van der Waals surface area contributed by atoms with Gasteiger partial charge in [0.2, 0.25) is 0 Å². The summed E-state index contributed by atoms with van der Waals surface area (Å²) in [6.45, 7) is 0. The van der Waals surface area contributed by atoms with Crippen molar-refractivity contribution >= 4 is 33.3 Å². The van der Waals surface area contributed by atoms with Crippen LogP contribution in [0.5, 0.6) is 0 Å². The monoisotopic (exact) mass is 291 g/mol. The average Bonchev–Trinajstić information content (AvgIpc) is 2.26. The van der Waals surface area contributed by atoms with Gasteiger partial charge in [0.25, 0.3) is 5.69 Å². The lowest BCUT2D eigenvalue weighted by atomic mass is 10.3. The fourth-order valence-electron chi connectivity index (χ4n) is 1.20. The molecule has 0 heterocycles. The van der Waals surface area contributed by atoms with E-state index in [-0.39, 0.29) is 9.79 Å². The molecule has 0 saturated carbocycles. The highest BCUT2D eigenvalue weighted by Gasteiger charge is 2.22. The maximum atomic E-state index is 11.6. The Morgan fingerprint density at radius 1 is 1.44 bits per heavy atom. The fourth-order valence-corrected chi connectivity index (χ4v) is 2.70. The van der Waals surface area contributed by atoms with Gasteiger partial charge in [0.15, 0.2) is 0 Å². The van der Waals surface area contributed by atoms with Crippen molar-refractivity contribution in [1.29, 1.82) is 0 Å². The van der Waals surface area contributed by atoms with Crippen molar-refractivity contribution in [2.24, 2.45) is 0 Å². The molecular formula is C9H9NO6S2. The van der Waals surface area contributed by atoms with Crippen LogP contribution in [0.1, 0.15) is 0 Å². The van der Waals surface area contributed by atoms with E-state index >= 15 is 0 Å². The number of carbonyl (C=O) groups is 1. The molecule has 0 bridgehead atoms. The van der Waals surface area contributed by atoms with E-state index in [4.69, 9.17) is 5.11 Å². The summed E-state index contributed by atoms with van der Waals surface area (Å²) < 4.78 is 22.8. The van der Waals surface area contributed by atoms with Crippen LogP contribution in [0.25, 0.3) is 0 Å². The second kappa shape index (κ2) is 5.83. The zero-order valence-electron chi connectivity index (χ0n) is 9.19. The third kappa shape index (κ3) is 3.44. The number of rotatable bonds is 5. The number of nitro benzene ring substituents is 1. The summed E-state index contributed by atoms with van der Waals surface area (Å²) in [7, 11) is -3.42. The van der Waals surface area contributed by atoms with Crippen molar-refractivity contribution in [2.75, 3.05) is 12.0 Å². The summed E-state index contributed by atoms with van der Waals surface area (Å²) in [5.74, 6) is -2.03. The van der Waals surface area contributed by atoms with Gasteiger partial charge in [0, 0.05) is 17.2 Å². The molecule has 0 radical (unpaired) electrons. The molecule has 0 aliphatic carbocycles. The minimum absolute atomic E-state index is 0.184. The Morgan fingerprint density at radius 3 is 2.50 bits per heavy atom. The number of carboxylic acid groups (broad SMARTS) is 1. The highest BCUT2D eigenvalue weighted by Crippen LogP contribution is 2.25. The number of aliphatic carboxylic acids is 1. The first-order valence-electron chi connectivity index (χ1n) is 4.55. The van der Waals surface area contributed by atoms with Crippen LogP contribution in [0.4, 0.5) is 5.69 Å². The Balaban J connectivity index is 3.27. The van der Waals surface area contributed by atoms with Crippen molar-refractivity contribution in [3.8, 4) is 0 Å². The minimum Gasteiger partial charge on any atom is -0.481 e. The molecule has 0 spiro atoms. The van der Waals surface area contributed by atoms with Crippen LogP contribution in [0.3, 0.4) is 0 Å². The number of benzene rings is 1. The number of nitro groups is 1. The molecule has 1 aromatic carbocycles. The van der Waals surface area contributed by atoms with Gasteiger partial charge in [-0.05, 0) is 12.1 Å². The van der Waals surface area contributed by atoms with Crippen LogP contribution in [-0.2, 0) is 26.4 Å². The van der Waals surface area contributed by atoms with E-state index in [2.05, 4.69) is 0 Å². The van der Waals surface area contributed by atoms with Gasteiger partial charge in [-0.2, -0.15) is 0 Å². The van der Waals surface area contributed by atoms with Gasteiger partial charge in [0.1, 0.15) is 10.6 Å². The summed E-state index contributed by atoms with van der Waals surface area (Å²) >= 11 is 0. The van der Waals surface area contributed by atoms with Gasteiger partial charge in [-0.3, -0.25) is 23.3 Å². The largest absolute Gasteiger partial charge is 0.481 e. The van der Waals surface area contributed by atoms with E-state index in [0.29, 0.717) is 0 Å². The molecule has 2 atom stereocenters. The zero-order chi connectivity index (χ0) is 13.9. The number of hydrogen-bond donors (Lipinski definition) is 1. The third-order valence-electron chi connectivity index (χ3n) is 1.96. The summed E-state index contributed by atoms with van der Waals surface area (Å²) in [4.78, 5) is 20.5. The van der Waals surface area contributed by atoms with Gasteiger partial charge in [-0.25, -0.2) is 0 Å². The Bertz CT molecular complexity index is 556. The molecule has 0 fully saturated rings. The zero-order valence-corrected chi connectivity index (χ0v) is 10.8. The lowest BCUT2D eigenvalue weighted by Crippen LogP contribution is -2.11. The molecule has 9 heteroatoms. The normalized spacial score (nSPS) is 13.8. The molecule has 98 valence electrons.